The summed E-state index contributed by atoms with van der Waals surface area (Å²) in [6.45, 7) is 0.552. The predicted octanol–water partition coefficient (Wildman–Crippen LogP) is 2.77. The number of benzene rings is 1. The van der Waals surface area contributed by atoms with Gasteiger partial charge in [0.2, 0.25) is 5.91 Å². The largest absolute Gasteiger partial charge is 0.274 e. The molecule has 17 heavy (non-hydrogen) atoms. The molecule has 1 atom stereocenters. The van der Waals surface area contributed by atoms with Crippen LogP contribution < -0.4 is 0 Å². The molecule has 1 aromatic rings. The highest BCUT2D eigenvalue weighted by molar-refractivity contribution is 7.83. The summed E-state index contributed by atoms with van der Waals surface area (Å²) in [4.78, 5) is 12.3. The number of amides is 1. The van der Waals surface area contributed by atoms with Gasteiger partial charge in [0.15, 0.2) is 11.0 Å². The smallest absolute Gasteiger partial charge is 0.234 e. The van der Waals surface area contributed by atoms with Gasteiger partial charge in [0.05, 0.1) is 9.92 Å². The lowest BCUT2D eigenvalue weighted by Gasteiger charge is -2.19. The summed E-state index contributed by atoms with van der Waals surface area (Å²) in [5.41, 5.74) is 0. The standard InChI is InChI=1S/C12H14ClNO2S/c13-10-6-3-4-7-11(10)17(16)14-9-5-1-2-8-12(14)15/h3-4,6-7H,1-2,5,8-9H2. The summed E-state index contributed by atoms with van der Waals surface area (Å²) in [6, 6.07) is 6.96. The molecule has 3 nitrogen and oxygen atoms in total. The van der Waals surface area contributed by atoms with Crippen molar-refractivity contribution in [1.29, 1.82) is 0 Å². The molecule has 0 saturated carbocycles. The number of halogens is 1. The Balaban J connectivity index is 2.24. The molecule has 2 rings (SSSR count). The van der Waals surface area contributed by atoms with E-state index >= 15 is 0 Å². The fourth-order valence-electron chi connectivity index (χ4n) is 1.84. The third-order valence-corrected chi connectivity index (χ3v) is 4.72. The van der Waals surface area contributed by atoms with Crippen LogP contribution in [-0.4, -0.2) is 21.0 Å². The van der Waals surface area contributed by atoms with Crippen LogP contribution in [0.4, 0.5) is 0 Å². The van der Waals surface area contributed by atoms with Crippen molar-refractivity contribution in [2.45, 2.75) is 30.6 Å². The van der Waals surface area contributed by atoms with Gasteiger partial charge in [-0.25, -0.2) is 4.21 Å². The second kappa shape index (κ2) is 5.65. The van der Waals surface area contributed by atoms with Gasteiger partial charge in [-0.2, -0.15) is 0 Å². The number of nitrogens with zero attached hydrogens (tertiary/aromatic N) is 1. The number of rotatable bonds is 2. The molecular formula is C12H14ClNO2S. The summed E-state index contributed by atoms with van der Waals surface area (Å²) in [5.74, 6) is -0.0410. The van der Waals surface area contributed by atoms with E-state index in [1.165, 1.54) is 4.31 Å². The molecule has 0 aliphatic carbocycles. The van der Waals surface area contributed by atoms with E-state index in [1.54, 1.807) is 24.3 Å². The zero-order valence-electron chi connectivity index (χ0n) is 9.39. The number of carbonyl (C=O) groups is 1. The Morgan fingerprint density at radius 3 is 2.71 bits per heavy atom. The fraction of sp³-hybridized carbons (Fsp3) is 0.417. The lowest BCUT2D eigenvalue weighted by atomic mass is 10.2. The predicted molar refractivity (Wildman–Crippen MR) is 68.0 cm³/mol. The maximum Gasteiger partial charge on any atom is 0.234 e. The van der Waals surface area contributed by atoms with Gasteiger partial charge in [0, 0.05) is 13.0 Å². The van der Waals surface area contributed by atoms with E-state index in [9.17, 15) is 9.00 Å². The van der Waals surface area contributed by atoms with Gasteiger partial charge in [-0.1, -0.05) is 30.2 Å². The van der Waals surface area contributed by atoms with E-state index < -0.39 is 11.0 Å². The Morgan fingerprint density at radius 2 is 1.94 bits per heavy atom. The van der Waals surface area contributed by atoms with Gasteiger partial charge in [-0.05, 0) is 25.0 Å². The first-order valence-electron chi connectivity index (χ1n) is 5.67. The second-order valence-electron chi connectivity index (χ2n) is 3.99. The fourth-order valence-corrected chi connectivity index (χ4v) is 3.41. The average molecular weight is 272 g/mol. The van der Waals surface area contributed by atoms with Crippen molar-refractivity contribution >= 4 is 28.5 Å². The van der Waals surface area contributed by atoms with Crippen LogP contribution in [0.25, 0.3) is 0 Å². The summed E-state index contributed by atoms with van der Waals surface area (Å²) in [6.07, 6.45) is 3.29. The van der Waals surface area contributed by atoms with Gasteiger partial charge in [0.1, 0.15) is 0 Å². The van der Waals surface area contributed by atoms with E-state index in [0.29, 0.717) is 22.9 Å². The summed E-state index contributed by atoms with van der Waals surface area (Å²) in [7, 11) is -1.47. The number of carbonyl (C=O) groups excluding carboxylic acids is 1. The van der Waals surface area contributed by atoms with Crippen LogP contribution in [0.15, 0.2) is 29.2 Å². The normalized spacial score (nSPS) is 18.9. The highest BCUT2D eigenvalue weighted by Crippen LogP contribution is 2.23. The van der Waals surface area contributed by atoms with Crippen LogP contribution in [0.5, 0.6) is 0 Å². The Hall–Kier alpha value is -0.870. The molecule has 1 fully saturated rings. The maximum atomic E-state index is 12.3. The lowest BCUT2D eigenvalue weighted by Crippen LogP contribution is -2.32. The average Bonchev–Trinajstić information content (AvgIpc) is 2.54. The Morgan fingerprint density at radius 1 is 1.18 bits per heavy atom. The molecule has 1 amide bonds. The van der Waals surface area contributed by atoms with Crippen LogP contribution in [0.2, 0.25) is 5.02 Å². The minimum absolute atomic E-state index is 0.0410. The van der Waals surface area contributed by atoms with Gasteiger partial charge in [0.25, 0.3) is 0 Å². The zero-order chi connectivity index (χ0) is 12.3. The molecule has 0 spiro atoms. The van der Waals surface area contributed by atoms with E-state index in [-0.39, 0.29) is 5.91 Å². The molecule has 1 aromatic carbocycles. The molecule has 0 bridgehead atoms. The zero-order valence-corrected chi connectivity index (χ0v) is 11.0. The van der Waals surface area contributed by atoms with Crippen molar-refractivity contribution in [3.05, 3.63) is 29.3 Å². The van der Waals surface area contributed by atoms with Crippen LogP contribution >= 0.6 is 11.6 Å². The van der Waals surface area contributed by atoms with Crippen LogP contribution in [0.1, 0.15) is 25.7 Å². The summed E-state index contributed by atoms with van der Waals surface area (Å²) >= 11 is 6.00. The molecule has 0 aromatic heterocycles. The summed E-state index contributed by atoms with van der Waals surface area (Å²) < 4.78 is 13.8. The summed E-state index contributed by atoms with van der Waals surface area (Å²) in [5, 5.41) is 0.447. The minimum Gasteiger partial charge on any atom is -0.274 e. The second-order valence-corrected chi connectivity index (χ2v) is 5.77. The molecule has 5 heteroatoms. The van der Waals surface area contributed by atoms with Gasteiger partial charge in [-0.3, -0.25) is 9.10 Å². The SMILES string of the molecule is O=C1CCCCCN1S(=O)c1ccccc1Cl. The van der Waals surface area contributed by atoms with E-state index in [4.69, 9.17) is 11.6 Å². The first-order chi connectivity index (χ1) is 8.20. The number of hydrogen-bond acceptors (Lipinski definition) is 2. The Kier molecular flexibility index (Phi) is 4.18. The number of hydrogen-bond donors (Lipinski definition) is 0. The third-order valence-electron chi connectivity index (χ3n) is 2.75. The first-order valence-corrected chi connectivity index (χ1v) is 7.15. The molecule has 1 aliphatic rings. The minimum atomic E-state index is -1.47. The van der Waals surface area contributed by atoms with Crippen LogP contribution in [-0.2, 0) is 15.8 Å². The third kappa shape index (κ3) is 2.87. The lowest BCUT2D eigenvalue weighted by molar-refractivity contribution is -0.125. The Labute approximate surface area is 108 Å². The molecular weight excluding hydrogens is 258 g/mol. The van der Waals surface area contributed by atoms with Crippen LogP contribution in [0, 0.1) is 0 Å². The quantitative estimate of drug-likeness (QED) is 0.829. The monoisotopic (exact) mass is 271 g/mol. The van der Waals surface area contributed by atoms with E-state index in [0.717, 1.165) is 19.3 Å². The van der Waals surface area contributed by atoms with Gasteiger partial charge >= 0.3 is 0 Å². The topological polar surface area (TPSA) is 37.4 Å². The molecule has 0 radical (unpaired) electrons. The van der Waals surface area contributed by atoms with Crippen molar-refractivity contribution in [1.82, 2.24) is 4.31 Å². The van der Waals surface area contributed by atoms with Crippen molar-refractivity contribution in [3.8, 4) is 0 Å². The van der Waals surface area contributed by atoms with Crippen molar-refractivity contribution in [3.63, 3.8) is 0 Å². The Bertz CT molecular complexity index is 450. The van der Waals surface area contributed by atoms with Crippen LogP contribution in [0.3, 0.4) is 0 Å². The van der Waals surface area contributed by atoms with Crippen molar-refractivity contribution in [2.75, 3.05) is 6.54 Å². The molecule has 1 saturated heterocycles. The highest BCUT2D eigenvalue weighted by Gasteiger charge is 2.24. The van der Waals surface area contributed by atoms with Crippen molar-refractivity contribution < 1.29 is 9.00 Å². The molecule has 92 valence electrons. The molecule has 1 unspecified atom stereocenters. The van der Waals surface area contributed by atoms with E-state index in [2.05, 4.69) is 0 Å². The molecule has 1 heterocycles. The highest BCUT2D eigenvalue weighted by atomic mass is 35.5. The first kappa shape index (κ1) is 12.6. The van der Waals surface area contributed by atoms with Gasteiger partial charge in [-0.15, -0.1) is 0 Å². The van der Waals surface area contributed by atoms with Gasteiger partial charge < -0.3 is 0 Å². The maximum absolute atomic E-state index is 12.3. The molecule has 0 N–H and O–H groups in total. The van der Waals surface area contributed by atoms with E-state index in [1.807, 2.05) is 0 Å². The molecule has 1 aliphatic heterocycles. The van der Waals surface area contributed by atoms with Crippen molar-refractivity contribution in [2.24, 2.45) is 0 Å².